The van der Waals surface area contributed by atoms with Crippen molar-refractivity contribution in [2.75, 3.05) is 10.6 Å². The summed E-state index contributed by atoms with van der Waals surface area (Å²) in [4.78, 5) is 22.6. The first-order chi connectivity index (χ1) is 13.0. The largest absolute Gasteiger partial charge is 0.330 e. The van der Waals surface area contributed by atoms with E-state index in [-0.39, 0.29) is 11.6 Å². The number of rotatable bonds is 7. The molecule has 2 N–H and O–H groups in total. The number of nitro groups is 1. The maximum absolute atomic E-state index is 12.3. The van der Waals surface area contributed by atoms with Crippen molar-refractivity contribution >= 4 is 51.2 Å². The molecule has 1 amide bonds. The van der Waals surface area contributed by atoms with E-state index in [2.05, 4.69) is 20.8 Å². The van der Waals surface area contributed by atoms with E-state index in [1.54, 1.807) is 13.0 Å². The third kappa shape index (κ3) is 5.25. The fourth-order valence-corrected chi connectivity index (χ4v) is 4.01. The van der Waals surface area contributed by atoms with Gasteiger partial charge in [-0.05, 0) is 25.1 Å². The lowest BCUT2D eigenvalue weighted by molar-refractivity contribution is -0.384. The van der Waals surface area contributed by atoms with Crippen LogP contribution in [0, 0.1) is 10.1 Å². The van der Waals surface area contributed by atoms with Gasteiger partial charge in [-0.3, -0.25) is 14.9 Å². The Hall–Kier alpha value is -2.98. The molecule has 0 spiro atoms. The van der Waals surface area contributed by atoms with Crippen LogP contribution in [0.2, 0.25) is 0 Å². The average molecular weight is 401 g/mol. The summed E-state index contributed by atoms with van der Waals surface area (Å²) in [6.07, 6.45) is 0. The summed E-state index contributed by atoms with van der Waals surface area (Å²) < 4.78 is 0.648. The predicted molar refractivity (Wildman–Crippen MR) is 107 cm³/mol. The van der Waals surface area contributed by atoms with E-state index >= 15 is 0 Å². The maximum atomic E-state index is 12.3. The summed E-state index contributed by atoms with van der Waals surface area (Å²) in [5.41, 5.74) is 1.21. The quantitative estimate of drug-likeness (QED) is 0.345. The van der Waals surface area contributed by atoms with Gasteiger partial charge in [-0.1, -0.05) is 47.4 Å². The minimum Gasteiger partial charge on any atom is -0.330 e. The number of carbonyl (C=O) groups is 1. The van der Waals surface area contributed by atoms with Crippen LogP contribution in [0.15, 0.2) is 58.9 Å². The van der Waals surface area contributed by atoms with Gasteiger partial charge < -0.3 is 10.6 Å². The fraction of sp³-hybridized carbons (Fsp3) is 0.118. The highest BCUT2D eigenvalue weighted by Gasteiger charge is 2.18. The fourth-order valence-electron chi connectivity index (χ4n) is 2.10. The molecule has 0 fully saturated rings. The van der Waals surface area contributed by atoms with E-state index in [4.69, 9.17) is 0 Å². The van der Waals surface area contributed by atoms with Gasteiger partial charge in [0.05, 0.1) is 10.2 Å². The van der Waals surface area contributed by atoms with Gasteiger partial charge in [0.15, 0.2) is 4.34 Å². The number of para-hydroxylation sites is 1. The van der Waals surface area contributed by atoms with Gasteiger partial charge in [0.1, 0.15) is 0 Å². The van der Waals surface area contributed by atoms with Crippen LogP contribution in [0.1, 0.15) is 6.92 Å². The molecule has 1 aromatic heterocycles. The summed E-state index contributed by atoms with van der Waals surface area (Å²) in [5, 5.41) is 25.0. The number of amides is 1. The first-order valence-electron chi connectivity index (χ1n) is 7.89. The molecule has 0 aliphatic heterocycles. The number of nitro benzene ring substituents is 1. The van der Waals surface area contributed by atoms with Crippen molar-refractivity contribution in [3.05, 3.63) is 64.7 Å². The second-order valence-electron chi connectivity index (χ2n) is 5.42. The zero-order valence-corrected chi connectivity index (χ0v) is 15.8. The van der Waals surface area contributed by atoms with Crippen molar-refractivity contribution in [2.45, 2.75) is 16.5 Å². The summed E-state index contributed by atoms with van der Waals surface area (Å²) in [6, 6.07) is 15.4. The van der Waals surface area contributed by atoms with Crippen molar-refractivity contribution in [3.8, 4) is 0 Å². The summed E-state index contributed by atoms with van der Waals surface area (Å²) in [6.45, 7) is 1.74. The molecule has 138 valence electrons. The van der Waals surface area contributed by atoms with Gasteiger partial charge in [-0.25, -0.2) is 0 Å². The number of hydrogen-bond acceptors (Lipinski definition) is 8. The highest BCUT2D eigenvalue weighted by Crippen LogP contribution is 2.31. The topological polar surface area (TPSA) is 110 Å². The second kappa shape index (κ2) is 8.60. The van der Waals surface area contributed by atoms with E-state index in [1.807, 2.05) is 30.3 Å². The predicted octanol–water partition coefficient (Wildman–Crippen LogP) is 4.31. The van der Waals surface area contributed by atoms with E-state index in [9.17, 15) is 14.9 Å². The normalized spacial score (nSPS) is 11.6. The SMILES string of the molecule is CC(Sc1nnc(Nc2ccccc2)s1)C(=O)Nc1cccc([N+](=O)[O-])c1. The number of benzene rings is 2. The second-order valence-corrected chi connectivity index (χ2v) is 7.99. The number of nitrogens with zero attached hydrogens (tertiary/aromatic N) is 3. The molecule has 0 aliphatic carbocycles. The van der Waals surface area contributed by atoms with Crippen LogP contribution in [0.5, 0.6) is 0 Å². The third-order valence-electron chi connectivity index (χ3n) is 3.40. The van der Waals surface area contributed by atoms with E-state index in [1.165, 1.54) is 41.3 Å². The third-order valence-corrected chi connectivity index (χ3v) is 5.43. The van der Waals surface area contributed by atoms with Crippen LogP contribution in [0.4, 0.5) is 22.2 Å². The minimum absolute atomic E-state index is 0.0751. The van der Waals surface area contributed by atoms with Gasteiger partial charge in [0.2, 0.25) is 11.0 Å². The van der Waals surface area contributed by atoms with E-state index < -0.39 is 10.2 Å². The molecule has 0 saturated heterocycles. The first kappa shape index (κ1) is 18.8. The molecule has 1 atom stereocenters. The van der Waals surface area contributed by atoms with Crippen LogP contribution in [-0.4, -0.2) is 26.3 Å². The monoisotopic (exact) mass is 401 g/mol. The molecule has 1 unspecified atom stereocenters. The number of nitrogens with one attached hydrogen (secondary N) is 2. The smallest absolute Gasteiger partial charge is 0.271 e. The molecule has 0 radical (unpaired) electrons. The van der Waals surface area contributed by atoms with Crippen LogP contribution in [-0.2, 0) is 4.79 Å². The lowest BCUT2D eigenvalue weighted by Crippen LogP contribution is -2.22. The Bertz CT molecular complexity index is 949. The molecule has 0 bridgehead atoms. The summed E-state index contributed by atoms with van der Waals surface area (Å²) in [7, 11) is 0. The van der Waals surface area contributed by atoms with Gasteiger partial charge >= 0.3 is 0 Å². The molecule has 27 heavy (non-hydrogen) atoms. The van der Waals surface area contributed by atoms with Crippen LogP contribution in [0.25, 0.3) is 0 Å². The van der Waals surface area contributed by atoms with Gasteiger partial charge in [-0.15, -0.1) is 10.2 Å². The zero-order chi connectivity index (χ0) is 19.2. The standard InChI is InChI=1S/C17H15N5O3S2/c1-11(15(23)18-13-8-5-9-14(10-13)22(24)25)26-17-21-20-16(27-17)19-12-6-3-2-4-7-12/h2-11H,1H3,(H,18,23)(H,19,20). The van der Waals surface area contributed by atoms with Gasteiger partial charge in [0.25, 0.3) is 5.69 Å². The Morgan fingerprint density at radius 1 is 1.15 bits per heavy atom. The Labute approximate surface area is 163 Å². The van der Waals surface area contributed by atoms with E-state index in [0.717, 1.165) is 5.69 Å². The molecule has 10 heteroatoms. The van der Waals surface area contributed by atoms with Crippen molar-refractivity contribution < 1.29 is 9.72 Å². The van der Waals surface area contributed by atoms with Crippen molar-refractivity contribution in [3.63, 3.8) is 0 Å². The van der Waals surface area contributed by atoms with Crippen LogP contribution < -0.4 is 10.6 Å². The Morgan fingerprint density at radius 3 is 2.63 bits per heavy atom. The van der Waals surface area contributed by atoms with Crippen molar-refractivity contribution in [1.29, 1.82) is 0 Å². The highest BCUT2D eigenvalue weighted by atomic mass is 32.2. The molecule has 3 rings (SSSR count). The molecule has 1 heterocycles. The highest BCUT2D eigenvalue weighted by molar-refractivity contribution is 8.02. The lowest BCUT2D eigenvalue weighted by Gasteiger charge is -2.10. The molecular formula is C17H15N5O3S2. The van der Waals surface area contributed by atoms with E-state index in [0.29, 0.717) is 15.2 Å². The van der Waals surface area contributed by atoms with Crippen LogP contribution in [0.3, 0.4) is 0 Å². The Morgan fingerprint density at radius 2 is 1.89 bits per heavy atom. The number of carbonyl (C=O) groups excluding carboxylic acids is 1. The van der Waals surface area contributed by atoms with Gasteiger partial charge in [-0.2, -0.15) is 0 Å². The number of thioether (sulfide) groups is 1. The molecule has 3 aromatic rings. The van der Waals surface area contributed by atoms with Gasteiger partial charge in [0, 0.05) is 23.5 Å². The number of hydrogen-bond donors (Lipinski definition) is 2. The average Bonchev–Trinajstić information content (AvgIpc) is 3.09. The molecule has 8 nitrogen and oxygen atoms in total. The maximum Gasteiger partial charge on any atom is 0.271 e. The summed E-state index contributed by atoms with van der Waals surface area (Å²) in [5.74, 6) is -0.270. The van der Waals surface area contributed by atoms with Crippen molar-refractivity contribution in [1.82, 2.24) is 10.2 Å². The minimum atomic E-state index is -0.504. The number of aromatic nitrogens is 2. The molecule has 0 saturated carbocycles. The Kier molecular flexibility index (Phi) is 5.99. The van der Waals surface area contributed by atoms with Crippen molar-refractivity contribution in [2.24, 2.45) is 0 Å². The number of non-ortho nitro benzene ring substituents is 1. The molecular weight excluding hydrogens is 386 g/mol. The lowest BCUT2D eigenvalue weighted by atomic mass is 10.2. The Balaban J connectivity index is 1.58. The zero-order valence-electron chi connectivity index (χ0n) is 14.2. The summed E-state index contributed by atoms with van der Waals surface area (Å²) >= 11 is 2.62. The number of anilines is 3. The first-order valence-corrected chi connectivity index (χ1v) is 9.58. The molecule has 0 aliphatic rings. The van der Waals surface area contributed by atoms with Crippen LogP contribution >= 0.6 is 23.1 Å². The molecule has 2 aromatic carbocycles.